The van der Waals surface area contributed by atoms with E-state index >= 15 is 0 Å². The third kappa shape index (κ3) is 4.76. The number of nitriles is 1. The summed E-state index contributed by atoms with van der Waals surface area (Å²) < 4.78 is 0. The lowest BCUT2D eigenvalue weighted by atomic mass is 9.95. The lowest BCUT2D eigenvalue weighted by molar-refractivity contribution is -0.118. The molecule has 18 heavy (non-hydrogen) atoms. The van der Waals surface area contributed by atoms with Crippen LogP contribution in [0.5, 0.6) is 0 Å². The molecule has 0 bridgehead atoms. The standard InChI is InChI=1S/C13H21N3O2/c1-16(7-8-17)10-11(9-14)13(18)15-12-5-3-2-4-6-12/h10,12,17H,2-8H2,1H3,(H,15,18)/b11-10-. The van der Waals surface area contributed by atoms with Crippen LogP contribution in [0.15, 0.2) is 11.8 Å². The van der Waals surface area contributed by atoms with Crippen LogP contribution in [-0.2, 0) is 4.79 Å². The molecule has 0 aromatic rings. The Morgan fingerprint density at radius 2 is 2.17 bits per heavy atom. The molecule has 0 spiro atoms. The summed E-state index contributed by atoms with van der Waals surface area (Å²) in [6.07, 6.45) is 6.98. The predicted octanol–water partition coefficient (Wildman–Crippen LogP) is 0.767. The van der Waals surface area contributed by atoms with Gasteiger partial charge in [0.2, 0.25) is 0 Å². The van der Waals surface area contributed by atoms with Gasteiger partial charge in [0, 0.05) is 25.8 Å². The Labute approximate surface area is 108 Å². The van der Waals surface area contributed by atoms with E-state index in [4.69, 9.17) is 10.4 Å². The molecule has 0 atom stereocenters. The number of aliphatic hydroxyl groups is 1. The van der Waals surface area contributed by atoms with Crippen LogP contribution in [0.25, 0.3) is 0 Å². The molecule has 1 aliphatic rings. The molecule has 1 aliphatic carbocycles. The fraction of sp³-hybridized carbons (Fsp3) is 0.692. The number of carbonyl (C=O) groups is 1. The second kappa shape index (κ2) is 7.72. The highest BCUT2D eigenvalue weighted by molar-refractivity contribution is 5.97. The van der Waals surface area contributed by atoms with Crippen LogP contribution < -0.4 is 5.32 Å². The average Bonchev–Trinajstić information content (AvgIpc) is 2.37. The molecule has 0 radical (unpaired) electrons. The van der Waals surface area contributed by atoms with Crippen LogP contribution in [0.3, 0.4) is 0 Å². The van der Waals surface area contributed by atoms with Gasteiger partial charge in [-0.15, -0.1) is 0 Å². The molecule has 1 fully saturated rings. The largest absolute Gasteiger partial charge is 0.395 e. The van der Waals surface area contributed by atoms with E-state index in [1.165, 1.54) is 12.6 Å². The van der Waals surface area contributed by atoms with Crippen molar-refractivity contribution in [2.75, 3.05) is 20.2 Å². The molecular formula is C13H21N3O2. The van der Waals surface area contributed by atoms with E-state index in [0.717, 1.165) is 25.7 Å². The van der Waals surface area contributed by atoms with Crippen molar-refractivity contribution in [3.05, 3.63) is 11.8 Å². The quantitative estimate of drug-likeness (QED) is 0.559. The fourth-order valence-corrected chi connectivity index (χ4v) is 2.09. The van der Waals surface area contributed by atoms with Crippen molar-refractivity contribution in [1.82, 2.24) is 10.2 Å². The van der Waals surface area contributed by atoms with Gasteiger partial charge in [0.1, 0.15) is 11.6 Å². The van der Waals surface area contributed by atoms with Crippen molar-refractivity contribution < 1.29 is 9.90 Å². The van der Waals surface area contributed by atoms with E-state index < -0.39 is 0 Å². The van der Waals surface area contributed by atoms with Gasteiger partial charge >= 0.3 is 0 Å². The van der Waals surface area contributed by atoms with Crippen molar-refractivity contribution in [2.45, 2.75) is 38.1 Å². The minimum absolute atomic E-state index is 0.00402. The molecule has 0 aromatic heterocycles. The number of likely N-dealkylation sites (N-methyl/N-ethyl adjacent to an activating group) is 1. The van der Waals surface area contributed by atoms with Crippen LogP contribution in [0.1, 0.15) is 32.1 Å². The third-order valence-electron chi connectivity index (χ3n) is 3.11. The number of nitrogens with one attached hydrogen (secondary N) is 1. The zero-order chi connectivity index (χ0) is 13.4. The zero-order valence-electron chi connectivity index (χ0n) is 10.9. The summed E-state index contributed by atoms with van der Waals surface area (Å²) in [5, 5.41) is 20.6. The fourth-order valence-electron chi connectivity index (χ4n) is 2.09. The van der Waals surface area contributed by atoms with Crippen LogP contribution >= 0.6 is 0 Å². The van der Waals surface area contributed by atoms with E-state index in [-0.39, 0.29) is 24.1 Å². The summed E-state index contributed by atoms with van der Waals surface area (Å²) in [6.45, 7) is 0.401. The van der Waals surface area contributed by atoms with E-state index in [2.05, 4.69) is 5.32 Å². The highest BCUT2D eigenvalue weighted by Crippen LogP contribution is 2.17. The molecule has 1 rings (SSSR count). The highest BCUT2D eigenvalue weighted by atomic mass is 16.3. The molecule has 5 heteroatoms. The summed E-state index contributed by atoms with van der Waals surface area (Å²) in [5.41, 5.74) is 0.0940. The van der Waals surface area contributed by atoms with Crippen molar-refractivity contribution in [3.8, 4) is 6.07 Å². The van der Waals surface area contributed by atoms with Gasteiger partial charge in [-0.25, -0.2) is 0 Å². The van der Waals surface area contributed by atoms with Crippen LogP contribution in [0, 0.1) is 11.3 Å². The Bertz CT molecular complexity index is 341. The molecule has 1 amide bonds. The molecule has 0 saturated heterocycles. The molecular weight excluding hydrogens is 230 g/mol. The smallest absolute Gasteiger partial charge is 0.263 e. The molecule has 0 unspecified atom stereocenters. The Morgan fingerprint density at radius 3 is 2.72 bits per heavy atom. The molecule has 0 heterocycles. The Morgan fingerprint density at radius 1 is 1.50 bits per heavy atom. The first kappa shape index (κ1) is 14.5. The zero-order valence-corrected chi connectivity index (χ0v) is 10.9. The first-order chi connectivity index (χ1) is 8.67. The second-order valence-corrected chi connectivity index (χ2v) is 4.67. The number of rotatable bonds is 5. The van der Waals surface area contributed by atoms with Crippen molar-refractivity contribution in [2.24, 2.45) is 0 Å². The predicted molar refractivity (Wildman–Crippen MR) is 68.4 cm³/mol. The van der Waals surface area contributed by atoms with Crippen LogP contribution in [0.2, 0.25) is 0 Å². The third-order valence-corrected chi connectivity index (χ3v) is 3.11. The maximum atomic E-state index is 11.9. The normalized spacial score (nSPS) is 17.1. The average molecular weight is 251 g/mol. The summed E-state index contributed by atoms with van der Waals surface area (Å²) in [6, 6.07) is 2.11. The molecule has 5 nitrogen and oxygen atoms in total. The molecule has 100 valence electrons. The van der Waals surface area contributed by atoms with Gasteiger partial charge in [-0.3, -0.25) is 4.79 Å². The van der Waals surface area contributed by atoms with E-state index in [1.54, 1.807) is 11.9 Å². The number of aliphatic hydroxyl groups excluding tert-OH is 1. The lowest BCUT2D eigenvalue weighted by Crippen LogP contribution is -2.37. The Balaban J connectivity index is 2.53. The SMILES string of the molecule is CN(/C=C(/C#N)C(=O)NC1CCCCC1)CCO. The maximum absolute atomic E-state index is 11.9. The minimum Gasteiger partial charge on any atom is -0.395 e. The van der Waals surface area contributed by atoms with Crippen molar-refractivity contribution in [3.63, 3.8) is 0 Å². The summed E-state index contributed by atoms with van der Waals surface area (Å²) in [5.74, 6) is -0.311. The first-order valence-electron chi connectivity index (χ1n) is 6.41. The number of carbonyl (C=O) groups excluding carboxylic acids is 1. The Kier molecular flexibility index (Phi) is 6.23. The van der Waals surface area contributed by atoms with E-state index in [9.17, 15) is 4.79 Å². The van der Waals surface area contributed by atoms with Crippen molar-refractivity contribution >= 4 is 5.91 Å². The van der Waals surface area contributed by atoms with Gasteiger partial charge in [0.15, 0.2) is 0 Å². The number of hydrogen-bond donors (Lipinski definition) is 2. The lowest BCUT2D eigenvalue weighted by Gasteiger charge is -2.22. The molecule has 2 N–H and O–H groups in total. The van der Waals surface area contributed by atoms with Crippen LogP contribution in [-0.4, -0.2) is 42.2 Å². The second-order valence-electron chi connectivity index (χ2n) is 4.67. The summed E-state index contributed by atoms with van der Waals surface area (Å²) in [7, 11) is 1.72. The van der Waals surface area contributed by atoms with Gasteiger partial charge in [-0.2, -0.15) is 5.26 Å². The van der Waals surface area contributed by atoms with Gasteiger partial charge < -0.3 is 15.3 Å². The minimum atomic E-state index is -0.311. The first-order valence-corrected chi connectivity index (χ1v) is 6.41. The number of hydrogen-bond acceptors (Lipinski definition) is 4. The van der Waals surface area contributed by atoms with Crippen molar-refractivity contribution in [1.29, 1.82) is 5.26 Å². The highest BCUT2D eigenvalue weighted by Gasteiger charge is 2.18. The van der Waals surface area contributed by atoms with Gasteiger partial charge in [-0.1, -0.05) is 19.3 Å². The van der Waals surface area contributed by atoms with Gasteiger partial charge in [-0.05, 0) is 12.8 Å². The maximum Gasteiger partial charge on any atom is 0.263 e. The van der Waals surface area contributed by atoms with Gasteiger partial charge in [0.05, 0.1) is 6.61 Å². The monoisotopic (exact) mass is 251 g/mol. The van der Waals surface area contributed by atoms with E-state index in [1.807, 2.05) is 6.07 Å². The van der Waals surface area contributed by atoms with Crippen LogP contribution in [0.4, 0.5) is 0 Å². The summed E-state index contributed by atoms with van der Waals surface area (Å²) in [4.78, 5) is 13.5. The van der Waals surface area contributed by atoms with E-state index in [0.29, 0.717) is 6.54 Å². The Hall–Kier alpha value is -1.54. The number of nitrogens with zero attached hydrogens (tertiary/aromatic N) is 2. The molecule has 0 aromatic carbocycles. The molecule has 0 aliphatic heterocycles. The van der Waals surface area contributed by atoms with Gasteiger partial charge in [0.25, 0.3) is 5.91 Å². The number of amides is 1. The summed E-state index contributed by atoms with van der Waals surface area (Å²) >= 11 is 0. The molecule has 1 saturated carbocycles. The topological polar surface area (TPSA) is 76.4 Å².